The molecular weight excluding hydrogens is 512 g/mol. The number of non-ortho nitro benzene ring substituents is 1. The summed E-state index contributed by atoms with van der Waals surface area (Å²) in [6.45, 7) is -0.448. The molecule has 1 aliphatic rings. The number of nitro benzene ring substituents is 1. The number of ether oxygens (including phenoxy) is 1. The number of aromatic nitrogens is 1. The minimum Gasteiger partial charge on any atom is -0.459 e. The van der Waals surface area contributed by atoms with E-state index in [1.165, 1.54) is 17.5 Å². The van der Waals surface area contributed by atoms with Gasteiger partial charge in [-0.2, -0.15) is 12.7 Å². The highest BCUT2D eigenvalue weighted by atomic mass is 32.2. The summed E-state index contributed by atoms with van der Waals surface area (Å²) in [5.41, 5.74) is 5.21. The monoisotopic (exact) mass is 528 g/mol. The van der Waals surface area contributed by atoms with Gasteiger partial charge in [-0.15, -0.1) is 11.3 Å². The number of rotatable bonds is 9. The molecule has 18 heteroatoms. The number of esters is 1. The normalized spacial score (nSPS) is 17.9. The zero-order chi connectivity index (χ0) is 25.9. The van der Waals surface area contributed by atoms with E-state index >= 15 is 0 Å². The van der Waals surface area contributed by atoms with E-state index in [0.717, 1.165) is 30.6 Å². The molecule has 0 saturated carbocycles. The van der Waals surface area contributed by atoms with Crippen molar-refractivity contribution in [3.05, 3.63) is 51.0 Å². The topological polar surface area (TPSA) is 234 Å². The number of benzene rings is 1. The van der Waals surface area contributed by atoms with Gasteiger partial charge < -0.3 is 20.6 Å². The zero-order valence-electron chi connectivity index (χ0n) is 17.6. The number of carbonyl (C=O) groups excluding carboxylic acids is 3. The second-order valence-corrected chi connectivity index (χ2v) is 8.91. The molecule has 1 aromatic heterocycles. The summed E-state index contributed by atoms with van der Waals surface area (Å²) >= 11 is 0.983. The summed E-state index contributed by atoms with van der Waals surface area (Å²) in [6.07, 6.45) is 0. The van der Waals surface area contributed by atoms with E-state index in [1.54, 1.807) is 0 Å². The van der Waals surface area contributed by atoms with Gasteiger partial charge in [-0.1, -0.05) is 5.16 Å². The molecule has 2 heterocycles. The van der Waals surface area contributed by atoms with Gasteiger partial charge in [0.25, 0.3) is 17.5 Å². The third-order valence-electron chi connectivity index (χ3n) is 4.52. The fourth-order valence-electron chi connectivity index (χ4n) is 2.95. The van der Waals surface area contributed by atoms with E-state index in [9.17, 15) is 37.5 Å². The molecule has 0 aliphatic carbocycles. The van der Waals surface area contributed by atoms with E-state index in [0.29, 0.717) is 5.56 Å². The van der Waals surface area contributed by atoms with E-state index in [-0.39, 0.29) is 20.8 Å². The number of nitrogens with zero attached hydrogens (tertiary/aromatic N) is 4. The van der Waals surface area contributed by atoms with Gasteiger partial charge >= 0.3 is 16.3 Å². The smallest absolute Gasteiger partial charge is 0.363 e. The Morgan fingerprint density at radius 3 is 2.54 bits per heavy atom. The lowest BCUT2D eigenvalue weighted by Gasteiger charge is -2.42. The number of amides is 2. The first-order chi connectivity index (χ1) is 16.4. The van der Waals surface area contributed by atoms with Gasteiger partial charge in [0.05, 0.1) is 4.92 Å². The molecule has 1 aromatic carbocycles. The minimum atomic E-state index is -5.18. The van der Waals surface area contributed by atoms with Crippen LogP contribution in [0.15, 0.2) is 34.8 Å². The van der Waals surface area contributed by atoms with Crippen LogP contribution in [0, 0.1) is 10.1 Å². The number of nitro groups is 1. The number of nitrogens with one attached hydrogen (secondary N) is 1. The highest BCUT2D eigenvalue weighted by Crippen LogP contribution is 2.26. The number of thiazole rings is 1. The predicted octanol–water partition coefficient (Wildman–Crippen LogP) is -0.774. The molecule has 2 atom stereocenters. The van der Waals surface area contributed by atoms with Crippen molar-refractivity contribution in [1.82, 2.24) is 14.6 Å². The molecule has 4 N–H and O–H groups in total. The molecule has 35 heavy (non-hydrogen) atoms. The van der Waals surface area contributed by atoms with Gasteiger partial charge in [0.15, 0.2) is 16.9 Å². The minimum absolute atomic E-state index is 0.0115. The molecule has 1 aliphatic heterocycles. The highest BCUT2D eigenvalue weighted by Gasteiger charge is 2.59. The third-order valence-corrected chi connectivity index (χ3v) is 6.10. The summed E-state index contributed by atoms with van der Waals surface area (Å²) in [5, 5.41) is 17.8. The van der Waals surface area contributed by atoms with E-state index in [1.807, 2.05) is 0 Å². The molecule has 2 aromatic rings. The van der Waals surface area contributed by atoms with E-state index in [4.69, 9.17) is 10.5 Å². The quantitative estimate of drug-likeness (QED) is 0.0908. The van der Waals surface area contributed by atoms with Gasteiger partial charge in [0.2, 0.25) is 0 Å². The molecule has 0 radical (unpaired) electrons. The summed E-state index contributed by atoms with van der Waals surface area (Å²) < 4.78 is 37.4. The van der Waals surface area contributed by atoms with Gasteiger partial charge in [0, 0.05) is 17.5 Å². The van der Waals surface area contributed by atoms with Crippen LogP contribution in [0.25, 0.3) is 0 Å². The Bertz CT molecular complexity index is 1310. The fraction of sp³-hybridized carbons (Fsp3) is 0.235. The van der Waals surface area contributed by atoms with Crippen LogP contribution in [0.4, 0.5) is 10.8 Å². The molecule has 3 rings (SSSR count). The van der Waals surface area contributed by atoms with Crippen LogP contribution in [-0.2, 0) is 40.9 Å². The highest BCUT2D eigenvalue weighted by molar-refractivity contribution is 7.84. The lowest BCUT2D eigenvalue weighted by molar-refractivity contribution is -0.384. The largest absolute Gasteiger partial charge is 0.459 e. The Morgan fingerprint density at radius 1 is 1.37 bits per heavy atom. The molecule has 2 amide bonds. The van der Waals surface area contributed by atoms with Crippen LogP contribution >= 0.6 is 11.3 Å². The van der Waals surface area contributed by atoms with Crippen molar-refractivity contribution in [2.45, 2.75) is 18.7 Å². The maximum Gasteiger partial charge on any atom is 0.363 e. The molecule has 1 saturated heterocycles. The molecule has 186 valence electrons. The Balaban J connectivity index is 1.78. The molecule has 0 spiro atoms. The van der Waals surface area contributed by atoms with Crippen molar-refractivity contribution in [3.63, 3.8) is 0 Å². The number of anilines is 1. The van der Waals surface area contributed by atoms with Crippen molar-refractivity contribution in [2.75, 3.05) is 12.8 Å². The van der Waals surface area contributed by atoms with Crippen LogP contribution in [0.5, 0.6) is 0 Å². The average molecular weight is 528 g/mol. The van der Waals surface area contributed by atoms with Crippen molar-refractivity contribution in [3.8, 4) is 0 Å². The molecular formula is C17H16N6O10S2. The summed E-state index contributed by atoms with van der Waals surface area (Å²) in [6, 6.07) is 1.22. The van der Waals surface area contributed by atoms with Gasteiger partial charge in [0.1, 0.15) is 25.5 Å². The van der Waals surface area contributed by atoms with Crippen LogP contribution in [0.1, 0.15) is 11.3 Å². The molecule has 16 nitrogen and oxygen atoms in total. The molecule has 0 bridgehead atoms. The Kier molecular flexibility index (Phi) is 7.27. The number of nitrogen functional groups attached to an aromatic ring is 1. The SMILES string of the molecule is CO/N=C(\C(=O)N[C@H]1C(=O)N(S(=O)(=O)O)[C@H]1C(=O)OCc1ccc([N+](=O)[O-])cc1)c1csc(N)n1. The number of β-lactam (4-membered cyclic amide) rings is 1. The first kappa shape index (κ1) is 25.5. The van der Waals surface area contributed by atoms with Crippen molar-refractivity contribution in [2.24, 2.45) is 5.16 Å². The standard InChI is InChI=1S/C17H16N6O10S2/c1-32-21-11(10-7-34-17(18)19-10)14(24)20-12-13(22(15(12)25)35(29,30)31)16(26)33-6-8-2-4-9(5-3-8)23(27)28/h2-5,7,12-13H,6H2,1H3,(H2,18,19)(H,20,24)(H,29,30,31)/b21-11-/t12-,13-/m1/s1. The predicted molar refractivity (Wildman–Crippen MR) is 117 cm³/mol. The number of hydrogen-bond donors (Lipinski definition) is 3. The summed E-state index contributed by atoms with van der Waals surface area (Å²) in [4.78, 5) is 56.2. The van der Waals surface area contributed by atoms with E-state index < -0.39 is 57.4 Å². The van der Waals surface area contributed by atoms with Crippen molar-refractivity contribution >= 4 is 56.0 Å². The van der Waals surface area contributed by atoms with E-state index in [2.05, 4.69) is 20.3 Å². The molecule has 0 unspecified atom stereocenters. The second kappa shape index (κ2) is 9.99. The third kappa shape index (κ3) is 5.50. The van der Waals surface area contributed by atoms with Gasteiger partial charge in [-0.05, 0) is 17.7 Å². The maximum absolute atomic E-state index is 12.7. The van der Waals surface area contributed by atoms with Crippen LogP contribution < -0.4 is 11.1 Å². The Morgan fingerprint density at radius 2 is 2.03 bits per heavy atom. The first-order valence-corrected chi connectivity index (χ1v) is 11.6. The van der Waals surface area contributed by atoms with Gasteiger partial charge in [-0.3, -0.25) is 24.3 Å². The summed E-state index contributed by atoms with van der Waals surface area (Å²) in [7, 11) is -4.05. The van der Waals surface area contributed by atoms with Crippen LogP contribution in [0.2, 0.25) is 0 Å². The Hall–Kier alpha value is -4.16. The van der Waals surface area contributed by atoms with Gasteiger partial charge in [-0.25, -0.2) is 9.78 Å². The van der Waals surface area contributed by atoms with Crippen molar-refractivity contribution in [1.29, 1.82) is 0 Å². The zero-order valence-corrected chi connectivity index (χ0v) is 19.2. The lowest BCUT2D eigenvalue weighted by atomic mass is 9.98. The van der Waals surface area contributed by atoms with Crippen LogP contribution in [0.3, 0.4) is 0 Å². The number of carbonyl (C=O) groups is 3. The number of hydrogen-bond acceptors (Lipinski definition) is 13. The molecule has 1 fully saturated rings. The average Bonchev–Trinajstić information content (AvgIpc) is 3.22. The second-order valence-electron chi connectivity index (χ2n) is 6.73. The Labute approximate surface area is 200 Å². The number of oxime groups is 1. The first-order valence-electron chi connectivity index (χ1n) is 9.28. The van der Waals surface area contributed by atoms with Crippen molar-refractivity contribution < 1.29 is 41.9 Å². The lowest BCUT2D eigenvalue weighted by Crippen LogP contribution is -2.74. The van der Waals surface area contributed by atoms with Crippen LogP contribution in [-0.4, -0.2) is 69.9 Å². The summed E-state index contributed by atoms with van der Waals surface area (Å²) in [5.74, 6) is -3.65. The maximum atomic E-state index is 12.7. The number of nitrogens with two attached hydrogens (primary N) is 1. The fourth-order valence-corrected chi connectivity index (χ4v) is 4.33.